The van der Waals surface area contributed by atoms with Gasteiger partial charge in [-0.3, -0.25) is 4.99 Å². The van der Waals surface area contributed by atoms with E-state index in [4.69, 9.17) is 0 Å². The Labute approximate surface area is 86.6 Å². The topological polar surface area (TPSA) is 12.4 Å². The van der Waals surface area contributed by atoms with Crippen molar-refractivity contribution >= 4 is 6.72 Å². The minimum atomic E-state index is 1.08. The first-order chi connectivity index (χ1) is 6.91. The van der Waals surface area contributed by atoms with Gasteiger partial charge >= 0.3 is 0 Å². The van der Waals surface area contributed by atoms with Crippen LogP contribution in [-0.4, -0.2) is 6.72 Å². The lowest BCUT2D eigenvalue weighted by Gasteiger charge is -1.75. The van der Waals surface area contributed by atoms with E-state index in [9.17, 15) is 0 Å². The Kier molecular flexibility index (Phi) is 10.0. The van der Waals surface area contributed by atoms with Crippen LogP contribution in [-0.2, 0) is 0 Å². The molecule has 0 saturated carbocycles. The highest BCUT2D eigenvalue weighted by Gasteiger charge is 1.63. The number of allylic oxidation sites excluding steroid dienone is 9. The Hall–Kier alpha value is -1.63. The maximum Gasteiger partial charge on any atom is 0.0260 e. The fourth-order valence-electron chi connectivity index (χ4n) is 0.710. The van der Waals surface area contributed by atoms with E-state index in [2.05, 4.69) is 24.7 Å². The third kappa shape index (κ3) is 10.4. The molecule has 0 saturated heterocycles. The predicted octanol–water partition coefficient (Wildman–Crippen LogP) is 3.84. The molecule has 0 atom stereocenters. The second-order valence-corrected chi connectivity index (χ2v) is 2.52. The number of hydrogen-bond donors (Lipinski definition) is 0. The molecule has 0 aliphatic carbocycles. The van der Waals surface area contributed by atoms with Crippen LogP contribution in [0.25, 0.3) is 0 Å². The lowest BCUT2D eigenvalue weighted by atomic mass is 10.3. The molecule has 0 spiro atoms. The number of hydrogen-bond acceptors (Lipinski definition) is 1. The lowest BCUT2D eigenvalue weighted by Crippen LogP contribution is -1.53. The third-order valence-corrected chi connectivity index (χ3v) is 1.34. The zero-order valence-corrected chi connectivity index (χ0v) is 8.63. The van der Waals surface area contributed by atoms with E-state index in [0.29, 0.717) is 0 Å². The van der Waals surface area contributed by atoms with Crippen molar-refractivity contribution in [1.29, 1.82) is 0 Å². The molecule has 14 heavy (non-hydrogen) atoms. The Morgan fingerprint density at radius 3 is 1.86 bits per heavy atom. The summed E-state index contributed by atoms with van der Waals surface area (Å²) in [4.78, 5) is 3.57. The second-order valence-electron chi connectivity index (χ2n) is 2.52. The van der Waals surface area contributed by atoms with Crippen molar-refractivity contribution in [2.75, 3.05) is 0 Å². The van der Waals surface area contributed by atoms with Crippen LogP contribution < -0.4 is 0 Å². The normalized spacial score (nSPS) is 13.2. The first kappa shape index (κ1) is 12.4. The van der Waals surface area contributed by atoms with Crippen LogP contribution in [0.5, 0.6) is 0 Å². The summed E-state index contributed by atoms with van der Waals surface area (Å²) in [5.74, 6) is 0. The van der Waals surface area contributed by atoms with Gasteiger partial charge < -0.3 is 0 Å². The Balaban J connectivity index is 3.67. The summed E-state index contributed by atoms with van der Waals surface area (Å²) in [6.07, 6.45) is 20.5. The van der Waals surface area contributed by atoms with E-state index in [1.165, 1.54) is 0 Å². The molecule has 0 amide bonds. The highest BCUT2D eigenvalue weighted by atomic mass is 14.6. The van der Waals surface area contributed by atoms with Crippen molar-refractivity contribution in [2.45, 2.75) is 13.3 Å². The van der Waals surface area contributed by atoms with Gasteiger partial charge in [-0.05, 0) is 19.2 Å². The van der Waals surface area contributed by atoms with Gasteiger partial charge in [-0.25, -0.2) is 0 Å². The van der Waals surface area contributed by atoms with E-state index in [1.54, 1.807) is 6.20 Å². The average Bonchev–Trinajstić information content (AvgIpc) is 2.21. The van der Waals surface area contributed by atoms with E-state index >= 15 is 0 Å². The van der Waals surface area contributed by atoms with Gasteiger partial charge in [-0.1, -0.05) is 55.5 Å². The van der Waals surface area contributed by atoms with Crippen molar-refractivity contribution in [3.63, 3.8) is 0 Å². The molecule has 74 valence electrons. The van der Waals surface area contributed by atoms with E-state index in [1.807, 2.05) is 48.6 Å². The minimum absolute atomic E-state index is 1.08. The van der Waals surface area contributed by atoms with Gasteiger partial charge in [0.15, 0.2) is 0 Å². The maximum absolute atomic E-state index is 3.57. The fourth-order valence-corrected chi connectivity index (χ4v) is 0.710. The molecule has 0 radical (unpaired) electrons. The van der Waals surface area contributed by atoms with Gasteiger partial charge in [0, 0.05) is 6.20 Å². The molecule has 0 aromatic carbocycles. The highest BCUT2D eigenvalue weighted by Crippen LogP contribution is 1.85. The molecule has 0 heterocycles. The van der Waals surface area contributed by atoms with Crippen molar-refractivity contribution in [2.24, 2.45) is 4.99 Å². The maximum atomic E-state index is 3.57. The minimum Gasteiger partial charge on any atom is -0.273 e. The molecular formula is C13H17N. The molecule has 0 rings (SSSR count). The molecule has 0 bridgehead atoms. The molecule has 1 heteroatoms. The zero-order valence-electron chi connectivity index (χ0n) is 8.63. The van der Waals surface area contributed by atoms with Crippen molar-refractivity contribution < 1.29 is 0 Å². The van der Waals surface area contributed by atoms with Crippen LogP contribution in [0.1, 0.15) is 13.3 Å². The standard InChI is InChI=1S/C13H17N/c1-3-4-5-6-7-8-9-10-11-12-13-14-2/h4-13H,2-3H2,1H3/b5-4-,7-6+,9-8+,11-10-,13-12-. The van der Waals surface area contributed by atoms with Gasteiger partial charge in [0.2, 0.25) is 0 Å². The molecule has 0 fully saturated rings. The van der Waals surface area contributed by atoms with E-state index in [0.717, 1.165) is 6.42 Å². The largest absolute Gasteiger partial charge is 0.273 e. The summed E-state index contributed by atoms with van der Waals surface area (Å²) in [5.41, 5.74) is 0. The summed E-state index contributed by atoms with van der Waals surface area (Å²) in [5, 5.41) is 0. The Morgan fingerprint density at radius 1 is 0.857 bits per heavy atom. The van der Waals surface area contributed by atoms with E-state index in [-0.39, 0.29) is 0 Å². The van der Waals surface area contributed by atoms with Crippen LogP contribution >= 0.6 is 0 Å². The van der Waals surface area contributed by atoms with Crippen LogP contribution in [0.3, 0.4) is 0 Å². The van der Waals surface area contributed by atoms with Gasteiger partial charge in [-0.15, -0.1) is 0 Å². The Bertz CT molecular complexity index is 265. The first-order valence-corrected chi connectivity index (χ1v) is 4.69. The molecule has 0 aliphatic rings. The quantitative estimate of drug-likeness (QED) is 0.442. The number of aliphatic imine (C=N–C) groups is 1. The zero-order chi connectivity index (χ0) is 10.5. The van der Waals surface area contributed by atoms with Crippen LogP contribution in [0.2, 0.25) is 0 Å². The molecular weight excluding hydrogens is 170 g/mol. The molecule has 0 unspecified atom stereocenters. The molecule has 0 aliphatic heterocycles. The summed E-state index contributed by atoms with van der Waals surface area (Å²) in [6, 6.07) is 0. The second kappa shape index (κ2) is 11.4. The van der Waals surface area contributed by atoms with Gasteiger partial charge in [0.1, 0.15) is 0 Å². The van der Waals surface area contributed by atoms with Crippen molar-refractivity contribution in [3.05, 3.63) is 60.9 Å². The SMILES string of the molecule is C=N\C=C/C=C\C=C\C=C\C=C/CC. The monoisotopic (exact) mass is 187 g/mol. The summed E-state index contributed by atoms with van der Waals surface area (Å²) >= 11 is 0. The summed E-state index contributed by atoms with van der Waals surface area (Å²) in [7, 11) is 0. The lowest BCUT2D eigenvalue weighted by molar-refractivity contribution is 1.22. The van der Waals surface area contributed by atoms with Crippen molar-refractivity contribution in [1.82, 2.24) is 0 Å². The fraction of sp³-hybridized carbons (Fsp3) is 0.154. The third-order valence-electron chi connectivity index (χ3n) is 1.34. The number of rotatable bonds is 6. The van der Waals surface area contributed by atoms with Gasteiger partial charge in [-0.2, -0.15) is 0 Å². The van der Waals surface area contributed by atoms with Crippen LogP contribution in [0, 0.1) is 0 Å². The molecule has 0 aromatic rings. The highest BCUT2D eigenvalue weighted by molar-refractivity contribution is 5.26. The predicted molar refractivity (Wildman–Crippen MR) is 65.5 cm³/mol. The van der Waals surface area contributed by atoms with Gasteiger partial charge in [0.05, 0.1) is 0 Å². The molecule has 0 N–H and O–H groups in total. The Morgan fingerprint density at radius 2 is 1.36 bits per heavy atom. The van der Waals surface area contributed by atoms with E-state index < -0.39 is 0 Å². The summed E-state index contributed by atoms with van der Waals surface area (Å²) in [6.45, 7) is 5.44. The average molecular weight is 187 g/mol. The number of nitrogens with zero attached hydrogens (tertiary/aromatic N) is 1. The van der Waals surface area contributed by atoms with Crippen LogP contribution in [0.4, 0.5) is 0 Å². The van der Waals surface area contributed by atoms with Crippen LogP contribution in [0.15, 0.2) is 65.9 Å². The summed E-state index contributed by atoms with van der Waals surface area (Å²) < 4.78 is 0. The molecule has 1 nitrogen and oxygen atoms in total. The smallest absolute Gasteiger partial charge is 0.0260 e. The van der Waals surface area contributed by atoms with Gasteiger partial charge in [0.25, 0.3) is 0 Å². The van der Waals surface area contributed by atoms with Crippen molar-refractivity contribution in [3.8, 4) is 0 Å². The molecule has 0 aromatic heterocycles. The first-order valence-electron chi connectivity index (χ1n) is 4.69.